The van der Waals surface area contributed by atoms with Gasteiger partial charge in [0.15, 0.2) is 0 Å². The van der Waals surface area contributed by atoms with E-state index in [2.05, 4.69) is 15.0 Å². The molecule has 0 aromatic carbocycles. The molecule has 1 heterocycles. The van der Waals surface area contributed by atoms with Gasteiger partial charge in [0.2, 0.25) is 5.88 Å². The Balaban J connectivity index is 2.47. The summed E-state index contributed by atoms with van der Waals surface area (Å²) in [4.78, 5) is 14.9. The van der Waals surface area contributed by atoms with E-state index in [4.69, 9.17) is 0 Å². The second kappa shape index (κ2) is 4.60. The fourth-order valence-electron chi connectivity index (χ4n) is 1.51. The Morgan fingerprint density at radius 2 is 2.16 bits per heavy atom. The SMILES string of the molecule is COC(=O)c1cc(C(F)(F)F)c(O)nc1NC1CC1. The average molecular weight is 276 g/mol. The van der Waals surface area contributed by atoms with Crippen LogP contribution >= 0.6 is 0 Å². The van der Waals surface area contributed by atoms with Gasteiger partial charge in [0.05, 0.1) is 7.11 Å². The summed E-state index contributed by atoms with van der Waals surface area (Å²) in [6.45, 7) is 0. The van der Waals surface area contributed by atoms with Crippen LogP contribution in [0.25, 0.3) is 0 Å². The number of anilines is 1. The number of methoxy groups -OCH3 is 1. The minimum atomic E-state index is -4.79. The molecule has 0 spiro atoms. The molecule has 1 aromatic rings. The van der Waals surface area contributed by atoms with Crippen molar-refractivity contribution >= 4 is 11.8 Å². The van der Waals surface area contributed by atoms with Crippen molar-refractivity contribution in [3.63, 3.8) is 0 Å². The second-order valence-corrected chi connectivity index (χ2v) is 4.16. The molecule has 0 unspecified atom stereocenters. The van der Waals surface area contributed by atoms with Gasteiger partial charge in [-0.25, -0.2) is 4.79 Å². The molecule has 0 atom stereocenters. The van der Waals surface area contributed by atoms with Crippen molar-refractivity contribution in [1.29, 1.82) is 0 Å². The fourth-order valence-corrected chi connectivity index (χ4v) is 1.51. The number of nitrogens with one attached hydrogen (secondary N) is 1. The zero-order valence-electron chi connectivity index (χ0n) is 9.91. The van der Waals surface area contributed by atoms with Gasteiger partial charge in [-0.1, -0.05) is 0 Å². The van der Waals surface area contributed by atoms with Gasteiger partial charge in [0.25, 0.3) is 0 Å². The molecule has 1 aliphatic carbocycles. The Hall–Kier alpha value is -1.99. The summed E-state index contributed by atoms with van der Waals surface area (Å²) in [5.74, 6) is -2.20. The molecule has 2 rings (SSSR count). The minimum absolute atomic E-state index is 0.0621. The number of halogens is 3. The van der Waals surface area contributed by atoms with Crippen LogP contribution in [0, 0.1) is 0 Å². The third-order valence-electron chi connectivity index (χ3n) is 2.63. The number of pyridine rings is 1. The number of ether oxygens (including phenoxy) is 1. The van der Waals surface area contributed by atoms with Gasteiger partial charge >= 0.3 is 12.1 Å². The number of hydrogen-bond donors (Lipinski definition) is 2. The highest BCUT2D eigenvalue weighted by Gasteiger charge is 2.37. The van der Waals surface area contributed by atoms with Crippen LogP contribution in [-0.4, -0.2) is 29.2 Å². The van der Waals surface area contributed by atoms with E-state index in [-0.39, 0.29) is 17.4 Å². The monoisotopic (exact) mass is 276 g/mol. The van der Waals surface area contributed by atoms with Gasteiger partial charge in [-0.3, -0.25) is 0 Å². The number of rotatable bonds is 3. The predicted octanol–water partition coefficient (Wildman–Crippen LogP) is 2.17. The molecular weight excluding hydrogens is 265 g/mol. The van der Waals surface area contributed by atoms with Crippen molar-refractivity contribution in [2.24, 2.45) is 0 Å². The average Bonchev–Trinajstić information content (AvgIpc) is 3.10. The predicted molar refractivity (Wildman–Crippen MR) is 58.9 cm³/mol. The lowest BCUT2D eigenvalue weighted by Gasteiger charge is -2.14. The molecule has 0 bridgehead atoms. The molecule has 0 saturated heterocycles. The van der Waals surface area contributed by atoms with Crippen molar-refractivity contribution < 1.29 is 27.8 Å². The van der Waals surface area contributed by atoms with E-state index in [0.29, 0.717) is 6.07 Å². The third-order valence-corrected chi connectivity index (χ3v) is 2.63. The summed E-state index contributed by atoms with van der Waals surface area (Å²) >= 11 is 0. The number of aromatic hydroxyl groups is 1. The smallest absolute Gasteiger partial charge is 0.421 e. The van der Waals surface area contributed by atoms with Crippen LogP contribution in [0.2, 0.25) is 0 Å². The fraction of sp³-hybridized carbons (Fsp3) is 0.455. The van der Waals surface area contributed by atoms with Crippen molar-refractivity contribution in [1.82, 2.24) is 4.98 Å². The van der Waals surface area contributed by atoms with Crippen LogP contribution in [-0.2, 0) is 10.9 Å². The van der Waals surface area contributed by atoms with E-state index in [9.17, 15) is 23.1 Å². The molecule has 0 aliphatic heterocycles. The standard InChI is InChI=1S/C11H11F3N2O3/c1-19-10(18)6-4-7(11(12,13)14)9(17)16-8(6)15-5-2-3-5/h4-5H,2-3H2,1H3,(H2,15,16,17). The Labute approximate surface area is 106 Å². The van der Waals surface area contributed by atoms with Crippen molar-refractivity contribution in [2.45, 2.75) is 25.1 Å². The Morgan fingerprint density at radius 3 is 2.63 bits per heavy atom. The number of hydrogen-bond acceptors (Lipinski definition) is 5. The molecule has 1 aliphatic rings. The maximum Gasteiger partial charge on any atom is 0.421 e. The van der Waals surface area contributed by atoms with Crippen LogP contribution in [0.5, 0.6) is 5.88 Å². The summed E-state index contributed by atoms with van der Waals surface area (Å²) in [5, 5.41) is 12.1. The molecular formula is C11H11F3N2O3. The number of carbonyl (C=O) groups excluding carboxylic acids is 1. The van der Waals surface area contributed by atoms with Crippen molar-refractivity contribution in [3.8, 4) is 5.88 Å². The molecule has 0 radical (unpaired) electrons. The zero-order chi connectivity index (χ0) is 14.2. The quantitative estimate of drug-likeness (QED) is 0.828. The Bertz CT molecular complexity index is 513. The Kier molecular flexibility index (Phi) is 3.25. The van der Waals surface area contributed by atoms with Crippen LogP contribution < -0.4 is 5.32 Å². The van der Waals surface area contributed by atoms with E-state index in [1.807, 2.05) is 0 Å². The van der Waals surface area contributed by atoms with Crippen molar-refractivity contribution in [2.75, 3.05) is 12.4 Å². The first-order valence-corrected chi connectivity index (χ1v) is 5.49. The van der Waals surface area contributed by atoms with Crippen LogP contribution in [0.15, 0.2) is 6.07 Å². The summed E-state index contributed by atoms with van der Waals surface area (Å²) < 4.78 is 42.3. The highest BCUT2D eigenvalue weighted by atomic mass is 19.4. The molecule has 1 fully saturated rings. The number of alkyl halides is 3. The van der Waals surface area contributed by atoms with E-state index >= 15 is 0 Å². The summed E-state index contributed by atoms with van der Waals surface area (Å²) in [6, 6.07) is 0.603. The van der Waals surface area contributed by atoms with E-state index in [0.717, 1.165) is 20.0 Å². The van der Waals surface area contributed by atoms with Gasteiger partial charge in [-0.05, 0) is 18.9 Å². The number of esters is 1. The minimum Gasteiger partial charge on any atom is -0.493 e. The highest BCUT2D eigenvalue weighted by molar-refractivity contribution is 5.95. The number of carbonyl (C=O) groups is 1. The maximum absolute atomic E-state index is 12.6. The van der Waals surface area contributed by atoms with Crippen LogP contribution in [0.3, 0.4) is 0 Å². The molecule has 2 N–H and O–H groups in total. The summed E-state index contributed by atoms with van der Waals surface area (Å²) in [7, 11) is 1.06. The van der Waals surface area contributed by atoms with Gasteiger partial charge in [0, 0.05) is 6.04 Å². The largest absolute Gasteiger partial charge is 0.493 e. The van der Waals surface area contributed by atoms with Gasteiger partial charge < -0.3 is 15.2 Å². The van der Waals surface area contributed by atoms with E-state index in [1.165, 1.54) is 0 Å². The van der Waals surface area contributed by atoms with Crippen LogP contribution in [0.1, 0.15) is 28.8 Å². The third kappa shape index (κ3) is 2.88. The Morgan fingerprint density at radius 1 is 1.53 bits per heavy atom. The zero-order valence-corrected chi connectivity index (χ0v) is 9.91. The van der Waals surface area contributed by atoms with E-state index in [1.54, 1.807) is 0 Å². The lowest BCUT2D eigenvalue weighted by Crippen LogP contribution is -2.15. The van der Waals surface area contributed by atoms with Gasteiger partial charge in [0.1, 0.15) is 16.9 Å². The number of aromatic nitrogens is 1. The lowest BCUT2D eigenvalue weighted by atomic mass is 10.1. The van der Waals surface area contributed by atoms with E-state index < -0.39 is 23.6 Å². The maximum atomic E-state index is 12.6. The van der Waals surface area contributed by atoms with Crippen LogP contribution in [0.4, 0.5) is 19.0 Å². The van der Waals surface area contributed by atoms with Gasteiger partial charge in [-0.15, -0.1) is 0 Å². The van der Waals surface area contributed by atoms with Gasteiger partial charge in [-0.2, -0.15) is 18.2 Å². The molecule has 1 aromatic heterocycles. The first kappa shape index (κ1) is 13.4. The first-order valence-electron chi connectivity index (χ1n) is 5.49. The molecule has 0 amide bonds. The molecule has 5 nitrogen and oxygen atoms in total. The highest BCUT2D eigenvalue weighted by Crippen LogP contribution is 2.37. The molecule has 8 heteroatoms. The molecule has 1 saturated carbocycles. The topological polar surface area (TPSA) is 71.5 Å². The molecule has 19 heavy (non-hydrogen) atoms. The molecule has 104 valence electrons. The number of nitrogens with zero attached hydrogens (tertiary/aromatic N) is 1. The first-order chi connectivity index (χ1) is 8.82. The normalized spacial score (nSPS) is 15.2. The van der Waals surface area contributed by atoms with Crippen molar-refractivity contribution in [3.05, 3.63) is 17.2 Å². The lowest BCUT2D eigenvalue weighted by molar-refractivity contribution is -0.139. The summed E-state index contributed by atoms with van der Waals surface area (Å²) in [6.07, 6.45) is -3.12. The second-order valence-electron chi connectivity index (χ2n) is 4.16. The summed E-state index contributed by atoms with van der Waals surface area (Å²) in [5.41, 5.74) is -1.71.